The number of carbonyl (C=O) groups excluding carboxylic acids is 2. The Morgan fingerprint density at radius 1 is 0.903 bits per heavy atom. The molecule has 0 heterocycles. The Hall–Kier alpha value is -2.38. The van der Waals surface area contributed by atoms with Gasteiger partial charge in [0.1, 0.15) is 0 Å². The van der Waals surface area contributed by atoms with E-state index in [1.165, 1.54) is 18.2 Å². The lowest BCUT2D eigenvalue weighted by Crippen LogP contribution is -2.35. The van der Waals surface area contributed by atoms with Gasteiger partial charge in [0.25, 0.3) is 10.0 Å². The molecule has 0 fully saturated rings. The molecule has 2 aromatic rings. The van der Waals surface area contributed by atoms with Gasteiger partial charge in [0, 0.05) is 22.2 Å². The lowest BCUT2D eigenvalue weighted by Gasteiger charge is -2.21. The van der Waals surface area contributed by atoms with Crippen LogP contribution in [0, 0.1) is 5.92 Å². The Morgan fingerprint density at radius 3 is 1.94 bits per heavy atom. The molecule has 0 radical (unpaired) electrons. The lowest BCUT2D eigenvalue weighted by molar-refractivity contribution is 0.0939. The molecule has 31 heavy (non-hydrogen) atoms. The minimum absolute atomic E-state index is 0.0573. The van der Waals surface area contributed by atoms with E-state index in [0.29, 0.717) is 10.7 Å². The number of carbonyl (C=O) groups is 2. The quantitative estimate of drug-likeness (QED) is 0.496. The molecular weight excluding hydrogens is 436 g/mol. The Labute approximate surface area is 189 Å². The summed E-state index contributed by atoms with van der Waals surface area (Å²) in [5.41, 5.74) is 2.45. The van der Waals surface area contributed by atoms with Gasteiger partial charge < -0.3 is 5.32 Å². The molecule has 6 nitrogen and oxygen atoms in total. The molecule has 2 N–H and O–H groups in total. The molecular formula is C23H29ClN2O4S. The number of rotatable bonds is 7. The molecule has 0 saturated heterocycles. The fraction of sp³-hybridized carbons (Fsp3) is 0.391. The van der Waals surface area contributed by atoms with Crippen molar-refractivity contribution in [3.63, 3.8) is 0 Å². The summed E-state index contributed by atoms with van der Waals surface area (Å²) in [6.45, 7) is 11.3. The van der Waals surface area contributed by atoms with E-state index in [0.717, 1.165) is 11.1 Å². The summed E-state index contributed by atoms with van der Waals surface area (Å²) in [5.74, 6) is -0.336. The second-order valence-corrected chi connectivity index (χ2v) is 10.5. The van der Waals surface area contributed by atoms with Gasteiger partial charge in [0.15, 0.2) is 5.78 Å². The predicted molar refractivity (Wildman–Crippen MR) is 125 cm³/mol. The largest absolute Gasteiger partial charge is 0.333 e. The Morgan fingerprint density at radius 2 is 1.45 bits per heavy atom. The van der Waals surface area contributed by atoms with Crippen molar-refractivity contribution in [2.24, 2.45) is 5.92 Å². The average Bonchev–Trinajstić information content (AvgIpc) is 2.67. The first-order valence-electron chi connectivity index (χ1n) is 10.1. The van der Waals surface area contributed by atoms with Gasteiger partial charge in [-0.05, 0) is 47.2 Å². The molecule has 8 heteroatoms. The van der Waals surface area contributed by atoms with Crippen LogP contribution in [0.3, 0.4) is 0 Å². The van der Waals surface area contributed by atoms with E-state index in [4.69, 9.17) is 11.6 Å². The molecule has 2 amide bonds. The highest BCUT2D eigenvalue weighted by molar-refractivity contribution is 7.90. The topological polar surface area (TPSA) is 92.3 Å². The average molecular weight is 465 g/mol. The fourth-order valence-electron chi connectivity index (χ4n) is 3.17. The van der Waals surface area contributed by atoms with Crippen molar-refractivity contribution in [2.45, 2.75) is 58.3 Å². The first kappa shape index (κ1) is 24.9. The lowest BCUT2D eigenvalue weighted by atomic mass is 9.92. The van der Waals surface area contributed by atoms with Gasteiger partial charge in [-0.3, -0.25) is 4.79 Å². The summed E-state index contributed by atoms with van der Waals surface area (Å²) in [6.07, 6.45) is 0. The fourth-order valence-corrected chi connectivity index (χ4v) is 4.36. The number of anilines is 1. The molecule has 0 unspecified atom stereocenters. The number of ketones is 1. The summed E-state index contributed by atoms with van der Waals surface area (Å²) < 4.78 is 27.6. The third-order valence-electron chi connectivity index (χ3n) is 4.83. The van der Waals surface area contributed by atoms with Gasteiger partial charge in [0.2, 0.25) is 0 Å². The van der Waals surface area contributed by atoms with Gasteiger partial charge >= 0.3 is 6.03 Å². The zero-order valence-electron chi connectivity index (χ0n) is 18.6. The van der Waals surface area contributed by atoms with Gasteiger partial charge in [-0.25, -0.2) is 17.9 Å². The van der Waals surface area contributed by atoms with Crippen LogP contribution in [0.15, 0.2) is 41.3 Å². The minimum Gasteiger partial charge on any atom is -0.307 e. The van der Waals surface area contributed by atoms with E-state index in [-0.39, 0.29) is 34.0 Å². The normalized spacial score (nSPS) is 11.8. The van der Waals surface area contributed by atoms with Crippen molar-refractivity contribution in [2.75, 3.05) is 5.32 Å². The van der Waals surface area contributed by atoms with Gasteiger partial charge in [-0.2, -0.15) is 0 Å². The Balaban J connectivity index is 2.35. The second kappa shape index (κ2) is 9.83. The smallest absolute Gasteiger partial charge is 0.307 e. The zero-order chi connectivity index (χ0) is 23.5. The molecule has 0 atom stereocenters. The maximum absolute atomic E-state index is 12.8. The van der Waals surface area contributed by atoms with E-state index in [1.807, 2.05) is 32.4 Å². The van der Waals surface area contributed by atoms with Crippen LogP contribution in [0.2, 0.25) is 5.02 Å². The summed E-state index contributed by atoms with van der Waals surface area (Å²) in [7, 11) is -4.18. The number of halogens is 1. The molecule has 0 bridgehead atoms. The number of hydrogen-bond acceptors (Lipinski definition) is 4. The first-order valence-corrected chi connectivity index (χ1v) is 12.0. The molecule has 2 rings (SSSR count). The highest BCUT2D eigenvalue weighted by Crippen LogP contribution is 2.35. The molecule has 0 aliphatic rings. The van der Waals surface area contributed by atoms with Crippen molar-refractivity contribution in [1.29, 1.82) is 0 Å². The van der Waals surface area contributed by atoms with Crippen molar-refractivity contribution >= 4 is 39.1 Å². The van der Waals surface area contributed by atoms with E-state index >= 15 is 0 Å². The maximum atomic E-state index is 12.8. The van der Waals surface area contributed by atoms with E-state index in [9.17, 15) is 18.0 Å². The standard InChI is InChI=1S/C23H29ClN2O4S/c1-13(2)19-11-17(24)12-20(14(3)4)21(19)25-23(28)26-31(29,30)18-9-7-8-16(10-18)22(27)15(5)6/h7-15H,1-6H3,(H2,25,26,28). The van der Waals surface area contributed by atoms with Crippen LogP contribution >= 0.6 is 11.6 Å². The van der Waals surface area contributed by atoms with Crippen LogP contribution < -0.4 is 10.0 Å². The summed E-state index contributed by atoms with van der Waals surface area (Å²) in [5, 5.41) is 3.25. The molecule has 0 spiro atoms. The van der Waals surface area contributed by atoms with E-state index < -0.39 is 16.1 Å². The highest BCUT2D eigenvalue weighted by Gasteiger charge is 2.23. The summed E-state index contributed by atoms with van der Waals surface area (Å²) in [6, 6.07) is 8.31. The first-order chi connectivity index (χ1) is 14.3. The number of benzene rings is 2. The predicted octanol–water partition coefficient (Wildman–Crippen LogP) is 5.94. The van der Waals surface area contributed by atoms with Crippen LogP contribution in [0.4, 0.5) is 10.5 Å². The summed E-state index contributed by atoms with van der Waals surface area (Å²) >= 11 is 6.24. The van der Waals surface area contributed by atoms with Crippen molar-refractivity contribution in [1.82, 2.24) is 4.72 Å². The van der Waals surface area contributed by atoms with E-state index in [1.54, 1.807) is 32.0 Å². The molecule has 0 aliphatic carbocycles. The van der Waals surface area contributed by atoms with Crippen LogP contribution in [0.1, 0.15) is 74.9 Å². The monoisotopic (exact) mass is 464 g/mol. The van der Waals surface area contributed by atoms with Crippen LogP contribution in [-0.4, -0.2) is 20.2 Å². The van der Waals surface area contributed by atoms with Crippen molar-refractivity contribution < 1.29 is 18.0 Å². The Bertz CT molecular complexity index is 1060. The third-order valence-corrected chi connectivity index (χ3v) is 6.37. The van der Waals surface area contributed by atoms with Crippen molar-refractivity contribution in [3.8, 4) is 0 Å². The molecule has 0 aliphatic heterocycles. The van der Waals surface area contributed by atoms with Crippen molar-refractivity contribution in [3.05, 3.63) is 58.1 Å². The second-order valence-electron chi connectivity index (χ2n) is 8.38. The number of hydrogen-bond donors (Lipinski definition) is 2. The number of amides is 2. The molecule has 0 saturated carbocycles. The summed E-state index contributed by atoms with van der Waals surface area (Å²) in [4.78, 5) is 24.7. The number of Topliss-reactive ketones (excluding diaryl/α,β-unsaturated/α-hetero) is 1. The van der Waals surface area contributed by atoms with Crippen LogP contribution in [0.25, 0.3) is 0 Å². The van der Waals surface area contributed by atoms with E-state index in [2.05, 4.69) is 5.32 Å². The number of urea groups is 1. The van der Waals surface area contributed by atoms with Crippen LogP contribution in [-0.2, 0) is 10.0 Å². The molecule has 0 aromatic heterocycles. The Kier molecular flexibility index (Phi) is 7.89. The number of sulfonamides is 1. The van der Waals surface area contributed by atoms with Gasteiger partial charge in [-0.15, -0.1) is 0 Å². The van der Waals surface area contributed by atoms with Crippen LogP contribution in [0.5, 0.6) is 0 Å². The van der Waals surface area contributed by atoms with Gasteiger partial charge in [0.05, 0.1) is 4.90 Å². The highest BCUT2D eigenvalue weighted by atomic mass is 35.5. The zero-order valence-corrected chi connectivity index (χ0v) is 20.2. The molecule has 168 valence electrons. The SMILES string of the molecule is CC(C)C(=O)c1cccc(S(=O)(=O)NC(=O)Nc2c(C(C)C)cc(Cl)cc2C(C)C)c1. The molecule has 2 aromatic carbocycles. The number of nitrogens with one attached hydrogen (secondary N) is 2. The van der Waals surface area contributed by atoms with Gasteiger partial charge in [-0.1, -0.05) is 65.3 Å². The maximum Gasteiger partial charge on any atom is 0.333 e. The minimum atomic E-state index is -4.18. The third kappa shape index (κ3) is 6.08.